The van der Waals surface area contributed by atoms with Crippen LogP contribution < -0.4 is 0 Å². The zero-order chi connectivity index (χ0) is 11.7. The van der Waals surface area contributed by atoms with Gasteiger partial charge < -0.3 is 14.2 Å². The van der Waals surface area contributed by atoms with E-state index >= 15 is 0 Å². The second-order valence-corrected chi connectivity index (χ2v) is 4.01. The van der Waals surface area contributed by atoms with Gasteiger partial charge in [0, 0.05) is 11.6 Å². The van der Waals surface area contributed by atoms with Gasteiger partial charge in [0.25, 0.3) is 0 Å². The molecule has 2 aliphatic heterocycles. The molecule has 0 amide bonds. The highest BCUT2D eigenvalue weighted by Crippen LogP contribution is 2.29. The normalized spacial score (nSPS) is 31.8. The van der Waals surface area contributed by atoms with Gasteiger partial charge in [0.15, 0.2) is 24.3 Å². The Bertz CT molecular complexity index is 440. The number of hydrogen-bond donors (Lipinski definition) is 0. The number of hydrogen-bond acceptors (Lipinski definition) is 4. The number of fused-ring (bicyclic) bond motifs is 1. The summed E-state index contributed by atoms with van der Waals surface area (Å²) in [5.41, 5.74) is 0.910. The zero-order valence-electron chi connectivity index (χ0n) is 9.11. The van der Waals surface area contributed by atoms with Gasteiger partial charge in [-0.05, 0) is 0 Å². The average molecular weight is 232 g/mol. The first-order chi connectivity index (χ1) is 8.34. The minimum Gasteiger partial charge on any atom is -0.492 e. The molecule has 17 heavy (non-hydrogen) atoms. The molecule has 0 N–H and O–H groups in total. The van der Waals surface area contributed by atoms with Gasteiger partial charge in [-0.1, -0.05) is 30.3 Å². The molecule has 0 aromatic heterocycles. The summed E-state index contributed by atoms with van der Waals surface area (Å²) in [6.07, 6.45) is 1.43. The van der Waals surface area contributed by atoms with E-state index in [0.29, 0.717) is 6.61 Å². The van der Waals surface area contributed by atoms with Crippen LogP contribution in [0.15, 0.2) is 42.7 Å². The lowest BCUT2D eigenvalue weighted by Gasteiger charge is -2.36. The molecule has 0 saturated carbocycles. The first-order valence-electron chi connectivity index (χ1n) is 5.52. The molecule has 3 atom stereocenters. The zero-order valence-corrected chi connectivity index (χ0v) is 9.11. The maximum atomic E-state index is 11.7. The van der Waals surface area contributed by atoms with Crippen molar-refractivity contribution >= 4 is 5.78 Å². The average Bonchev–Trinajstić information content (AvgIpc) is 2.40. The van der Waals surface area contributed by atoms with E-state index in [2.05, 4.69) is 0 Å². The molecule has 0 aliphatic carbocycles. The van der Waals surface area contributed by atoms with Crippen molar-refractivity contribution in [2.75, 3.05) is 6.61 Å². The van der Waals surface area contributed by atoms with Crippen molar-refractivity contribution in [2.24, 2.45) is 0 Å². The molecule has 0 bridgehead atoms. The van der Waals surface area contributed by atoms with Crippen LogP contribution in [0.3, 0.4) is 0 Å². The highest BCUT2D eigenvalue weighted by Gasteiger charge is 2.39. The molecule has 3 rings (SSSR count). The maximum Gasteiger partial charge on any atom is 0.191 e. The highest BCUT2D eigenvalue weighted by atomic mass is 16.7. The van der Waals surface area contributed by atoms with Gasteiger partial charge in [-0.15, -0.1) is 0 Å². The molecular formula is C13H12O4. The van der Waals surface area contributed by atoms with Crippen molar-refractivity contribution in [3.05, 3.63) is 48.2 Å². The van der Waals surface area contributed by atoms with Gasteiger partial charge in [0.1, 0.15) is 0 Å². The summed E-state index contributed by atoms with van der Waals surface area (Å²) in [6, 6.07) is 9.57. The first kappa shape index (κ1) is 10.5. The summed E-state index contributed by atoms with van der Waals surface area (Å²) in [5.74, 6) is -0.0644. The van der Waals surface area contributed by atoms with Crippen LogP contribution in [-0.4, -0.2) is 24.6 Å². The topological polar surface area (TPSA) is 44.8 Å². The number of carbonyl (C=O) groups is 1. The van der Waals surface area contributed by atoms with E-state index in [1.807, 2.05) is 30.3 Å². The van der Waals surface area contributed by atoms with Crippen molar-refractivity contribution in [2.45, 2.75) is 18.5 Å². The molecule has 2 heterocycles. The SMILES string of the molecule is O=C1C=CO[C@@H]2COC(c3ccccc3)O[C@H]12. The van der Waals surface area contributed by atoms with Crippen molar-refractivity contribution < 1.29 is 19.0 Å². The Hall–Kier alpha value is -1.65. The van der Waals surface area contributed by atoms with Gasteiger partial charge in [0.2, 0.25) is 0 Å². The molecule has 2 aliphatic rings. The summed E-state index contributed by atoms with van der Waals surface area (Å²) in [6.45, 7) is 0.361. The largest absolute Gasteiger partial charge is 0.492 e. The maximum absolute atomic E-state index is 11.7. The molecular weight excluding hydrogens is 220 g/mol. The van der Waals surface area contributed by atoms with Crippen LogP contribution in [0.1, 0.15) is 11.9 Å². The molecule has 1 unspecified atom stereocenters. The van der Waals surface area contributed by atoms with E-state index in [1.165, 1.54) is 12.3 Å². The quantitative estimate of drug-likeness (QED) is 0.737. The number of benzene rings is 1. The Morgan fingerprint density at radius 1 is 1.18 bits per heavy atom. The van der Waals surface area contributed by atoms with Crippen LogP contribution in [0.25, 0.3) is 0 Å². The van der Waals surface area contributed by atoms with E-state index in [1.54, 1.807) is 0 Å². The highest BCUT2D eigenvalue weighted by molar-refractivity contribution is 5.94. The van der Waals surface area contributed by atoms with Crippen LogP contribution in [-0.2, 0) is 19.0 Å². The van der Waals surface area contributed by atoms with E-state index in [4.69, 9.17) is 14.2 Å². The molecule has 1 aromatic carbocycles. The van der Waals surface area contributed by atoms with E-state index in [-0.39, 0.29) is 11.9 Å². The van der Waals surface area contributed by atoms with Gasteiger partial charge in [0.05, 0.1) is 12.9 Å². The Morgan fingerprint density at radius 3 is 2.82 bits per heavy atom. The predicted octanol–water partition coefficient (Wildman–Crippen LogP) is 1.58. The standard InChI is InChI=1S/C13H12O4/c14-10-6-7-15-11-8-16-13(17-12(10)11)9-4-2-1-3-5-9/h1-7,11-13H,8H2/t11-,12-,13?/m1/s1. The minimum absolute atomic E-state index is 0.0644. The minimum atomic E-state index is -0.557. The number of ether oxygens (including phenoxy) is 3. The van der Waals surface area contributed by atoms with Gasteiger partial charge in [-0.25, -0.2) is 0 Å². The number of ketones is 1. The smallest absolute Gasteiger partial charge is 0.191 e. The third-order valence-electron chi connectivity index (χ3n) is 2.86. The molecule has 1 fully saturated rings. The molecule has 1 saturated heterocycles. The molecule has 4 heteroatoms. The van der Waals surface area contributed by atoms with Gasteiger partial charge in [-0.2, -0.15) is 0 Å². The van der Waals surface area contributed by atoms with Crippen LogP contribution >= 0.6 is 0 Å². The summed E-state index contributed by atoms with van der Waals surface area (Å²) < 4.78 is 16.5. The molecule has 4 nitrogen and oxygen atoms in total. The lowest BCUT2D eigenvalue weighted by atomic mass is 10.1. The Labute approximate surface area is 98.8 Å². The van der Waals surface area contributed by atoms with Crippen molar-refractivity contribution in [1.82, 2.24) is 0 Å². The van der Waals surface area contributed by atoms with Crippen LogP contribution in [0, 0.1) is 0 Å². The lowest BCUT2D eigenvalue weighted by Crippen LogP contribution is -2.47. The Kier molecular flexibility index (Phi) is 2.66. The lowest BCUT2D eigenvalue weighted by molar-refractivity contribution is -0.252. The van der Waals surface area contributed by atoms with Crippen LogP contribution in [0.5, 0.6) is 0 Å². The fourth-order valence-electron chi connectivity index (χ4n) is 1.98. The number of carbonyl (C=O) groups excluding carboxylic acids is 1. The van der Waals surface area contributed by atoms with E-state index in [9.17, 15) is 4.79 Å². The van der Waals surface area contributed by atoms with Gasteiger partial charge >= 0.3 is 0 Å². The molecule has 0 spiro atoms. The molecule has 1 aromatic rings. The van der Waals surface area contributed by atoms with Crippen molar-refractivity contribution in [1.29, 1.82) is 0 Å². The van der Waals surface area contributed by atoms with E-state index < -0.39 is 12.4 Å². The molecule has 0 radical (unpaired) electrons. The fourth-order valence-corrected chi connectivity index (χ4v) is 1.98. The summed E-state index contributed by atoms with van der Waals surface area (Å²) >= 11 is 0. The fraction of sp³-hybridized carbons (Fsp3) is 0.308. The van der Waals surface area contributed by atoms with E-state index in [0.717, 1.165) is 5.56 Å². The van der Waals surface area contributed by atoms with Crippen LogP contribution in [0.2, 0.25) is 0 Å². The molecule has 88 valence electrons. The first-order valence-corrected chi connectivity index (χ1v) is 5.52. The summed E-state index contributed by atoms with van der Waals surface area (Å²) in [5, 5.41) is 0. The third-order valence-corrected chi connectivity index (χ3v) is 2.86. The number of rotatable bonds is 1. The monoisotopic (exact) mass is 232 g/mol. The van der Waals surface area contributed by atoms with Crippen LogP contribution in [0.4, 0.5) is 0 Å². The Balaban J connectivity index is 1.79. The van der Waals surface area contributed by atoms with Crippen molar-refractivity contribution in [3.63, 3.8) is 0 Å². The third kappa shape index (κ3) is 1.97. The second-order valence-electron chi connectivity index (χ2n) is 4.01. The Morgan fingerprint density at radius 2 is 2.00 bits per heavy atom. The second kappa shape index (κ2) is 4.31. The van der Waals surface area contributed by atoms with Crippen molar-refractivity contribution in [3.8, 4) is 0 Å². The summed E-state index contributed by atoms with van der Waals surface area (Å²) in [4.78, 5) is 11.7. The summed E-state index contributed by atoms with van der Waals surface area (Å²) in [7, 11) is 0. The predicted molar refractivity (Wildman–Crippen MR) is 59.0 cm³/mol. The van der Waals surface area contributed by atoms with Gasteiger partial charge in [-0.3, -0.25) is 4.79 Å².